The first-order valence-electron chi connectivity index (χ1n) is 10.8. The molecule has 3 heterocycles. The lowest BCUT2D eigenvalue weighted by Crippen LogP contribution is -2.57. The maximum atomic E-state index is 13.4. The van der Waals surface area contributed by atoms with Crippen molar-refractivity contribution in [2.45, 2.75) is 50.5 Å². The van der Waals surface area contributed by atoms with E-state index in [1.54, 1.807) is 14.0 Å². The van der Waals surface area contributed by atoms with E-state index in [4.69, 9.17) is 15.2 Å². The van der Waals surface area contributed by atoms with E-state index in [1.165, 1.54) is 4.90 Å². The van der Waals surface area contributed by atoms with Gasteiger partial charge in [0.25, 0.3) is 0 Å². The number of nitrogens with one attached hydrogen (secondary N) is 2. The molecule has 3 aliphatic rings. The summed E-state index contributed by atoms with van der Waals surface area (Å²) in [5.74, 6) is -0.432. The predicted molar refractivity (Wildman–Crippen MR) is 112 cm³/mol. The Morgan fingerprint density at radius 2 is 2.06 bits per heavy atom. The van der Waals surface area contributed by atoms with Crippen molar-refractivity contribution < 1.29 is 23.9 Å². The summed E-state index contributed by atoms with van der Waals surface area (Å²) < 4.78 is 11.9. The Kier molecular flexibility index (Phi) is 6.15. The van der Waals surface area contributed by atoms with Crippen LogP contribution in [0.5, 0.6) is 5.75 Å². The van der Waals surface area contributed by atoms with Crippen LogP contribution in [0.4, 0.5) is 0 Å². The van der Waals surface area contributed by atoms with Crippen LogP contribution < -0.4 is 21.1 Å². The fourth-order valence-electron chi connectivity index (χ4n) is 4.90. The van der Waals surface area contributed by atoms with Crippen molar-refractivity contribution in [3.63, 3.8) is 0 Å². The maximum Gasteiger partial charge on any atom is 0.247 e. The van der Waals surface area contributed by atoms with E-state index in [2.05, 4.69) is 10.6 Å². The van der Waals surface area contributed by atoms with E-state index in [1.807, 2.05) is 24.3 Å². The number of benzene rings is 1. The van der Waals surface area contributed by atoms with Crippen LogP contribution in [0.3, 0.4) is 0 Å². The first-order chi connectivity index (χ1) is 14.9. The summed E-state index contributed by atoms with van der Waals surface area (Å²) in [5, 5.41) is 5.65. The number of hydrogen-bond acceptors (Lipinski definition) is 6. The minimum absolute atomic E-state index is 0.0353. The van der Waals surface area contributed by atoms with Crippen molar-refractivity contribution in [3.05, 3.63) is 29.8 Å². The third-order valence-electron chi connectivity index (χ3n) is 6.71. The molecule has 1 aromatic carbocycles. The Morgan fingerprint density at radius 1 is 1.29 bits per heavy atom. The molecule has 9 nitrogen and oxygen atoms in total. The molecule has 4 rings (SSSR count). The minimum Gasteiger partial charge on any atom is -0.493 e. The number of primary amides is 1. The zero-order valence-electron chi connectivity index (χ0n) is 17.9. The van der Waals surface area contributed by atoms with Crippen LogP contribution in [0.25, 0.3) is 0 Å². The van der Waals surface area contributed by atoms with E-state index in [-0.39, 0.29) is 23.7 Å². The molecule has 3 aliphatic heterocycles. The van der Waals surface area contributed by atoms with Crippen molar-refractivity contribution in [3.8, 4) is 5.75 Å². The highest BCUT2D eigenvalue weighted by atomic mass is 16.5. The summed E-state index contributed by atoms with van der Waals surface area (Å²) in [4.78, 5) is 39.7. The molecular weight excluding hydrogens is 400 g/mol. The Bertz CT molecular complexity index is 862. The highest BCUT2D eigenvalue weighted by molar-refractivity contribution is 5.93. The van der Waals surface area contributed by atoms with Crippen LogP contribution >= 0.6 is 0 Å². The number of rotatable bonds is 5. The molecule has 0 aromatic heterocycles. The number of carbonyl (C=O) groups excluding carboxylic acids is 3. The van der Waals surface area contributed by atoms with Crippen molar-refractivity contribution in [2.75, 3.05) is 20.3 Å². The Morgan fingerprint density at radius 3 is 2.81 bits per heavy atom. The first kappa shape index (κ1) is 21.6. The molecule has 0 radical (unpaired) electrons. The molecule has 0 bridgehead atoms. The number of amides is 3. The van der Waals surface area contributed by atoms with Gasteiger partial charge in [0.1, 0.15) is 24.1 Å². The van der Waals surface area contributed by atoms with E-state index >= 15 is 0 Å². The summed E-state index contributed by atoms with van der Waals surface area (Å²) in [6.45, 7) is 2.49. The van der Waals surface area contributed by atoms with Crippen molar-refractivity contribution >= 4 is 17.7 Å². The fourth-order valence-corrected chi connectivity index (χ4v) is 4.90. The number of carbonyl (C=O) groups is 3. The second-order valence-corrected chi connectivity index (χ2v) is 8.56. The predicted octanol–water partition coefficient (Wildman–Crippen LogP) is -0.221. The number of ether oxygens (including phenoxy) is 2. The van der Waals surface area contributed by atoms with Gasteiger partial charge in [-0.15, -0.1) is 0 Å². The third-order valence-corrected chi connectivity index (χ3v) is 6.71. The van der Waals surface area contributed by atoms with Gasteiger partial charge in [-0.3, -0.25) is 14.4 Å². The lowest BCUT2D eigenvalue weighted by atomic mass is 9.80. The normalized spacial score (nSPS) is 31.1. The van der Waals surface area contributed by atoms with Crippen LogP contribution in [0.1, 0.15) is 25.3 Å². The lowest BCUT2D eigenvalue weighted by Gasteiger charge is -2.34. The van der Waals surface area contributed by atoms with Crippen LogP contribution in [-0.2, 0) is 25.5 Å². The quantitative estimate of drug-likeness (QED) is 0.594. The average Bonchev–Trinajstić information content (AvgIpc) is 3.09. The number of hydrogen-bond donors (Lipinski definition) is 3. The van der Waals surface area contributed by atoms with Crippen molar-refractivity contribution in [2.24, 2.45) is 17.6 Å². The van der Waals surface area contributed by atoms with Crippen molar-refractivity contribution in [1.82, 2.24) is 15.5 Å². The molecule has 6 unspecified atom stereocenters. The molecule has 0 aliphatic carbocycles. The average molecular weight is 431 g/mol. The molecular formula is C22H30N4O5. The molecule has 31 heavy (non-hydrogen) atoms. The largest absolute Gasteiger partial charge is 0.493 e. The zero-order chi connectivity index (χ0) is 22.1. The molecule has 9 heteroatoms. The molecule has 6 atom stereocenters. The lowest BCUT2D eigenvalue weighted by molar-refractivity contribution is -0.148. The number of para-hydroxylation sites is 1. The van der Waals surface area contributed by atoms with Gasteiger partial charge in [-0.1, -0.05) is 18.2 Å². The van der Waals surface area contributed by atoms with E-state index in [0.717, 1.165) is 17.7 Å². The number of nitrogens with zero attached hydrogens (tertiary/aromatic N) is 1. The topological polar surface area (TPSA) is 123 Å². The van der Waals surface area contributed by atoms with Gasteiger partial charge < -0.3 is 30.7 Å². The van der Waals surface area contributed by atoms with Gasteiger partial charge in [-0.2, -0.15) is 0 Å². The summed E-state index contributed by atoms with van der Waals surface area (Å²) in [6, 6.07) is 5.86. The highest BCUT2D eigenvalue weighted by Crippen LogP contribution is 2.41. The second kappa shape index (κ2) is 8.84. The Labute approximate surface area is 181 Å². The third kappa shape index (κ3) is 4.12. The van der Waals surface area contributed by atoms with Gasteiger partial charge >= 0.3 is 0 Å². The number of nitrogens with two attached hydrogens (primary N) is 1. The molecule has 2 saturated heterocycles. The summed E-state index contributed by atoms with van der Waals surface area (Å²) in [5.41, 5.74) is 6.89. The van der Waals surface area contributed by atoms with E-state index < -0.39 is 30.3 Å². The first-order valence-corrected chi connectivity index (χ1v) is 10.8. The van der Waals surface area contributed by atoms with Gasteiger partial charge in [0, 0.05) is 12.3 Å². The summed E-state index contributed by atoms with van der Waals surface area (Å²) >= 11 is 0. The molecule has 0 saturated carbocycles. The van der Waals surface area contributed by atoms with Gasteiger partial charge in [-0.05, 0) is 44.4 Å². The van der Waals surface area contributed by atoms with Gasteiger partial charge in [0.2, 0.25) is 17.7 Å². The Hall–Kier alpha value is -2.65. The maximum absolute atomic E-state index is 13.4. The SMILES string of the molecule is CNC(C)C(=O)NC1CCOC2CC(C3COc4ccccc4C3)C(C(N)=O)N2C1=O. The second-order valence-electron chi connectivity index (χ2n) is 8.56. The molecule has 2 fully saturated rings. The highest BCUT2D eigenvalue weighted by Gasteiger charge is 2.53. The van der Waals surface area contributed by atoms with E-state index in [0.29, 0.717) is 26.1 Å². The zero-order valence-corrected chi connectivity index (χ0v) is 17.9. The number of likely N-dealkylation sites (N-methyl/N-ethyl adjacent to an activating group) is 1. The monoisotopic (exact) mass is 430 g/mol. The van der Waals surface area contributed by atoms with Crippen LogP contribution in [-0.4, -0.2) is 67.2 Å². The standard InChI is InChI=1S/C22H30N4O5/c1-12(24-2)21(28)25-16-7-8-30-18-10-15(19(20(23)27)26(18)22(16)29)14-9-13-5-3-4-6-17(13)31-11-14/h3-6,12,14-16,18-19,24H,7-11H2,1-2H3,(H2,23,27)(H,25,28). The van der Waals surface area contributed by atoms with Crippen LogP contribution in [0, 0.1) is 11.8 Å². The fraction of sp³-hybridized carbons (Fsp3) is 0.591. The molecule has 3 amide bonds. The Balaban J connectivity index is 1.55. The van der Waals surface area contributed by atoms with Crippen LogP contribution in [0.15, 0.2) is 24.3 Å². The van der Waals surface area contributed by atoms with E-state index in [9.17, 15) is 14.4 Å². The number of fused-ring (bicyclic) bond motifs is 2. The summed E-state index contributed by atoms with van der Waals surface area (Å²) in [6.07, 6.45) is 1.09. The molecule has 1 aromatic rings. The summed E-state index contributed by atoms with van der Waals surface area (Å²) in [7, 11) is 1.68. The van der Waals surface area contributed by atoms with Gasteiger partial charge in [0.15, 0.2) is 0 Å². The van der Waals surface area contributed by atoms with Gasteiger partial charge in [-0.25, -0.2) is 0 Å². The van der Waals surface area contributed by atoms with Crippen molar-refractivity contribution in [1.29, 1.82) is 0 Å². The van der Waals surface area contributed by atoms with Crippen LogP contribution in [0.2, 0.25) is 0 Å². The molecule has 168 valence electrons. The molecule has 4 N–H and O–H groups in total. The molecule has 0 spiro atoms. The van der Waals surface area contributed by atoms with Gasteiger partial charge in [0.05, 0.1) is 19.3 Å². The smallest absolute Gasteiger partial charge is 0.247 e. The minimum atomic E-state index is -0.796.